The summed E-state index contributed by atoms with van der Waals surface area (Å²) < 4.78 is 54.4. The molecule has 0 atom stereocenters. The van der Waals surface area contributed by atoms with Gasteiger partial charge in [-0.1, -0.05) is 32.0 Å². The van der Waals surface area contributed by atoms with Crippen LogP contribution >= 0.6 is 0 Å². The van der Waals surface area contributed by atoms with E-state index in [9.17, 15) is 21.6 Å². The zero-order valence-corrected chi connectivity index (χ0v) is 17.8. The summed E-state index contributed by atoms with van der Waals surface area (Å²) in [6.45, 7) is 4.16. The Bertz CT molecular complexity index is 1110. The third-order valence-electron chi connectivity index (χ3n) is 4.58. The van der Waals surface area contributed by atoms with Crippen molar-refractivity contribution in [1.29, 1.82) is 0 Å². The van der Waals surface area contributed by atoms with Crippen molar-refractivity contribution in [2.75, 3.05) is 24.4 Å². The van der Waals surface area contributed by atoms with E-state index in [1.807, 2.05) is 13.8 Å². The van der Waals surface area contributed by atoms with Crippen LogP contribution in [0.2, 0.25) is 0 Å². The predicted molar refractivity (Wildman–Crippen MR) is 110 cm³/mol. The van der Waals surface area contributed by atoms with Crippen molar-refractivity contribution in [3.63, 3.8) is 0 Å². The van der Waals surface area contributed by atoms with Crippen LogP contribution in [-0.2, 0) is 24.8 Å². The molecule has 2 N–H and O–H groups in total. The van der Waals surface area contributed by atoms with Gasteiger partial charge in [-0.3, -0.25) is 9.52 Å². The molecule has 0 spiro atoms. The predicted octanol–water partition coefficient (Wildman–Crippen LogP) is 1.73. The molecular weight excluding hydrogens is 414 g/mol. The van der Waals surface area contributed by atoms with Gasteiger partial charge in [0.2, 0.25) is 15.9 Å². The highest BCUT2D eigenvalue weighted by atomic mass is 32.2. The molecule has 2 aromatic carbocycles. The number of nitrogens with zero attached hydrogens (tertiary/aromatic N) is 1. The Hall–Kier alpha value is -2.43. The number of carbonyl (C=O) groups is 1. The number of amides is 1. The second kappa shape index (κ2) is 8.13. The fourth-order valence-electron chi connectivity index (χ4n) is 2.94. The lowest BCUT2D eigenvalue weighted by Gasteiger charge is -2.26. The van der Waals surface area contributed by atoms with Gasteiger partial charge in [0.25, 0.3) is 10.0 Å². The average Bonchev–Trinajstić information content (AvgIpc) is 2.68. The maximum atomic E-state index is 12.8. The summed E-state index contributed by atoms with van der Waals surface area (Å²) in [6.07, 6.45) is 0. The minimum Gasteiger partial charge on any atom is -0.354 e. The van der Waals surface area contributed by atoms with Gasteiger partial charge in [0, 0.05) is 13.1 Å². The Morgan fingerprint density at radius 1 is 1.00 bits per heavy atom. The standard InChI is InChI=1S/C19H23N3O5S2/c1-14(2)15-6-8-17(9-7-15)28(24,25)21-16-4-3-5-18(12-16)29(26,27)22-11-10-20-19(23)13-22/h3-9,12,14,21H,10-11,13H2,1-2H3,(H,20,23). The highest BCUT2D eigenvalue weighted by molar-refractivity contribution is 7.92. The molecule has 8 nitrogen and oxygen atoms in total. The van der Waals surface area contributed by atoms with Crippen LogP contribution in [0.15, 0.2) is 58.3 Å². The number of hydrogen-bond acceptors (Lipinski definition) is 5. The van der Waals surface area contributed by atoms with Gasteiger partial charge in [-0.05, 0) is 41.8 Å². The number of carbonyl (C=O) groups excluding carboxylic acids is 1. The van der Waals surface area contributed by atoms with E-state index in [4.69, 9.17) is 0 Å². The molecule has 0 saturated carbocycles. The molecule has 1 aliphatic rings. The van der Waals surface area contributed by atoms with E-state index < -0.39 is 20.0 Å². The van der Waals surface area contributed by atoms with Crippen molar-refractivity contribution in [3.8, 4) is 0 Å². The van der Waals surface area contributed by atoms with E-state index in [2.05, 4.69) is 10.0 Å². The molecule has 0 aliphatic carbocycles. The fraction of sp³-hybridized carbons (Fsp3) is 0.316. The van der Waals surface area contributed by atoms with E-state index in [0.29, 0.717) is 0 Å². The monoisotopic (exact) mass is 437 g/mol. The van der Waals surface area contributed by atoms with Crippen LogP contribution in [0.5, 0.6) is 0 Å². The van der Waals surface area contributed by atoms with E-state index in [-0.39, 0.29) is 46.9 Å². The highest BCUT2D eigenvalue weighted by Gasteiger charge is 2.29. The largest absolute Gasteiger partial charge is 0.354 e. The molecule has 10 heteroatoms. The molecule has 2 aromatic rings. The topological polar surface area (TPSA) is 113 Å². The molecule has 1 heterocycles. The van der Waals surface area contributed by atoms with E-state index in [1.165, 1.54) is 36.4 Å². The summed E-state index contributed by atoms with van der Waals surface area (Å²) in [7, 11) is -7.79. The highest BCUT2D eigenvalue weighted by Crippen LogP contribution is 2.23. The number of hydrogen-bond donors (Lipinski definition) is 2. The minimum atomic E-state index is -3.92. The first-order chi connectivity index (χ1) is 13.6. The molecule has 0 aromatic heterocycles. The van der Waals surface area contributed by atoms with Crippen LogP contribution in [0.25, 0.3) is 0 Å². The van der Waals surface area contributed by atoms with E-state index >= 15 is 0 Å². The van der Waals surface area contributed by atoms with Gasteiger partial charge in [-0.2, -0.15) is 4.31 Å². The van der Waals surface area contributed by atoms with Gasteiger partial charge in [-0.15, -0.1) is 0 Å². The van der Waals surface area contributed by atoms with E-state index in [0.717, 1.165) is 9.87 Å². The smallest absolute Gasteiger partial charge is 0.261 e. The molecular formula is C19H23N3O5S2. The molecule has 1 fully saturated rings. The first-order valence-corrected chi connectivity index (χ1v) is 12.0. The third-order valence-corrected chi connectivity index (χ3v) is 7.82. The summed E-state index contributed by atoms with van der Waals surface area (Å²) >= 11 is 0. The number of benzene rings is 2. The van der Waals surface area contributed by atoms with Gasteiger partial charge in [0.05, 0.1) is 22.0 Å². The first kappa shape index (κ1) is 21.3. The Balaban J connectivity index is 1.84. The molecule has 0 bridgehead atoms. The van der Waals surface area contributed by atoms with Gasteiger partial charge in [-0.25, -0.2) is 16.8 Å². The number of nitrogens with one attached hydrogen (secondary N) is 2. The minimum absolute atomic E-state index is 0.0810. The molecule has 156 valence electrons. The van der Waals surface area contributed by atoms with Crippen molar-refractivity contribution in [3.05, 3.63) is 54.1 Å². The van der Waals surface area contributed by atoms with Gasteiger partial charge in [0.15, 0.2) is 0 Å². The maximum Gasteiger partial charge on any atom is 0.261 e. The van der Waals surface area contributed by atoms with Crippen LogP contribution < -0.4 is 10.0 Å². The third kappa shape index (κ3) is 4.77. The molecule has 0 radical (unpaired) electrons. The van der Waals surface area contributed by atoms with Crippen LogP contribution in [-0.4, -0.2) is 46.7 Å². The van der Waals surface area contributed by atoms with Crippen molar-refractivity contribution in [2.45, 2.75) is 29.6 Å². The van der Waals surface area contributed by atoms with Crippen molar-refractivity contribution >= 4 is 31.6 Å². The summed E-state index contributed by atoms with van der Waals surface area (Å²) in [5.74, 6) is -0.0972. The van der Waals surface area contributed by atoms with Gasteiger partial charge in [0.1, 0.15) is 0 Å². The lowest BCUT2D eigenvalue weighted by Crippen LogP contribution is -2.49. The second-order valence-corrected chi connectivity index (χ2v) is 10.7. The zero-order valence-electron chi connectivity index (χ0n) is 16.1. The van der Waals surface area contributed by atoms with Crippen molar-refractivity contribution in [1.82, 2.24) is 9.62 Å². The van der Waals surface area contributed by atoms with Crippen LogP contribution in [0.1, 0.15) is 25.3 Å². The van der Waals surface area contributed by atoms with Gasteiger partial charge < -0.3 is 5.32 Å². The van der Waals surface area contributed by atoms with Crippen molar-refractivity contribution in [2.24, 2.45) is 0 Å². The summed E-state index contributed by atoms with van der Waals surface area (Å²) in [4.78, 5) is 11.5. The average molecular weight is 438 g/mol. The Labute approximate surface area is 171 Å². The second-order valence-electron chi connectivity index (χ2n) is 7.05. The number of rotatable bonds is 6. The van der Waals surface area contributed by atoms with Crippen LogP contribution in [0, 0.1) is 0 Å². The summed E-state index contributed by atoms with van der Waals surface area (Å²) in [5, 5.41) is 2.57. The Morgan fingerprint density at radius 3 is 2.31 bits per heavy atom. The summed E-state index contributed by atoms with van der Waals surface area (Å²) in [5.41, 5.74) is 1.14. The van der Waals surface area contributed by atoms with Crippen LogP contribution in [0.4, 0.5) is 5.69 Å². The normalized spacial score (nSPS) is 15.9. The quantitative estimate of drug-likeness (QED) is 0.715. The van der Waals surface area contributed by atoms with Crippen LogP contribution in [0.3, 0.4) is 0 Å². The maximum absolute atomic E-state index is 12.8. The molecule has 1 aliphatic heterocycles. The molecule has 3 rings (SSSR count). The number of sulfonamides is 2. The number of piperazine rings is 1. The number of anilines is 1. The SMILES string of the molecule is CC(C)c1ccc(S(=O)(=O)Nc2cccc(S(=O)(=O)N3CCNC(=O)C3)c2)cc1. The Kier molecular flexibility index (Phi) is 5.97. The lowest BCUT2D eigenvalue weighted by molar-refractivity contribution is -0.122. The van der Waals surface area contributed by atoms with E-state index in [1.54, 1.807) is 12.1 Å². The van der Waals surface area contributed by atoms with Gasteiger partial charge >= 0.3 is 0 Å². The fourth-order valence-corrected chi connectivity index (χ4v) is 5.43. The molecule has 29 heavy (non-hydrogen) atoms. The molecule has 0 unspecified atom stereocenters. The summed E-state index contributed by atoms with van der Waals surface area (Å²) in [6, 6.07) is 12.1. The molecule has 1 amide bonds. The lowest BCUT2D eigenvalue weighted by atomic mass is 10.0. The van der Waals surface area contributed by atoms with Crippen molar-refractivity contribution < 1.29 is 21.6 Å². The molecule has 1 saturated heterocycles. The first-order valence-electron chi connectivity index (χ1n) is 9.09. The Morgan fingerprint density at radius 2 is 1.69 bits per heavy atom. The zero-order chi connectivity index (χ0) is 21.2.